The molecule has 1 unspecified atom stereocenters. The van der Waals surface area contributed by atoms with Gasteiger partial charge in [-0.2, -0.15) is 0 Å². The average molecular weight is 295 g/mol. The summed E-state index contributed by atoms with van der Waals surface area (Å²) in [4.78, 5) is 10.6. The van der Waals surface area contributed by atoms with Crippen molar-refractivity contribution in [2.75, 3.05) is 5.32 Å². The maximum Gasteiger partial charge on any atom is 0.255 e. The molecule has 0 amide bonds. The van der Waals surface area contributed by atoms with E-state index in [1.165, 1.54) is 0 Å². The number of anilines is 1. The van der Waals surface area contributed by atoms with Crippen LogP contribution in [0.3, 0.4) is 0 Å². The molecule has 1 aliphatic rings. The van der Waals surface area contributed by atoms with Crippen LogP contribution in [0.2, 0.25) is 0 Å². The van der Waals surface area contributed by atoms with Gasteiger partial charge in [0.25, 0.3) is 6.04 Å². The van der Waals surface area contributed by atoms with Crippen LogP contribution in [-0.4, -0.2) is 11.0 Å². The molecule has 2 rings (SSSR count). The van der Waals surface area contributed by atoms with Crippen molar-refractivity contribution < 1.29 is 4.92 Å². The smallest absolute Gasteiger partial charge is 0.255 e. The van der Waals surface area contributed by atoms with Crippen LogP contribution >= 0.6 is 15.9 Å². The lowest BCUT2D eigenvalue weighted by Crippen LogP contribution is -2.26. The van der Waals surface area contributed by atoms with Gasteiger partial charge in [0.15, 0.2) is 0 Å². The Morgan fingerprint density at radius 1 is 1.47 bits per heavy atom. The van der Waals surface area contributed by atoms with Gasteiger partial charge in [-0.3, -0.25) is 10.1 Å². The van der Waals surface area contributed by atoms with Crippen molar-refractivity contribution in [3.8, 4) is 0 Å². The van der Waals surface area contributed by atoms with E-state index in [1.54, 1.807) is 12.2 Å². The van der Waals surface area contributed by atoms with Crippen molar-refractivity contribution in [3.63, 3.8) is 0 Å². The van der Waals surface area contributed by atoms with Crippen LogP contribution in [0.5, 0.6) is 0 Å². The molecule has 1 aliphatic carbocycles. The second-order valence-electron chi connectivity index (χ2n) is 3.72. The summed E-state index contributed by atoms with van der Waals surface area (Å²) in [5.74, 6) is 0. The first-order valence-electron chi connectivity index (χ1n) is 5.19. The highest BCUT2D eigenvalue weighted by atomic mass is 79.9. The van der Waals surface area contributed by atoms with E-state index in [4.69, 9.17) is 0 Å². The van der Waals surface area contributed by atoms with Gasteiger partial charge >= 0.3 is 0 Å². The van der Waals surface area contributed by atoms with Gasteiger partial charge in [0.2, 0.25) is 0 Å². The molecule has 1 N–H and O–H groups in total. The summed E-state index contributed by atoms with van der Waals surface area (Å²) in [5, 5.41) is 14.0. The van der Waals surface area contributed by atoms with Gasteiger partial charge in [0, 0.05) is 21.5 Å². The number of allylic oxidation sites excluding steroid dienone is 2. The molecule has 5 heteroatoms. The molecule has 0 bridgehead atoms. The Kier molecular flexibility index (Phi) is 3.58. The van der Waals surface area contributed by atoms with E-state index in [-0.39, 0.29) is 4.92 Å². The highest BCUT2D eigenvalue weighted by Crippen LogP contribution is 2.21. The summed E-state index contributed by atoms with van der Waals surface area (Å²) < 4.78 is 0.937. The van der Waals surface area contributed by atoms with Gasteiger partial charge in [0.05, 0.1) is 5.70 Å². The Balaban J connectivity index is 2.19. The second-order valence-corrected chi connectivity index (χ2v) is 4.64. The van der Waals surface area contributed by atoms with Gasteiger partial charge in [0.1, 0.15) is 0 Å². The molecule has 0 heterocycles. The molecule has 0 aliphatic heterocycles. The first-order chi connectivity index (χ1) is 8.16. The third-order valence-corrected chi connectivity index (χ3v) is 2.99. The predicted molar refractivity (Wildman–Crippen MR) is 70.4 cm³/mol. The number of nitrogens with zero attached hydrogens (tertiary/aromatic N) is 1. The van der Waals surface area contributed by atoms with Crippen molar-refractivity contribution in [2.45, 2.75) is 12.5 Å². The molecule has 0 radical (unpaired) electrons. The number of hydrogen-bond acceptors (Lipinski definition) is 3. The monoisotopic (exact) mass is 294 g/mol. The standard InChI is InChI=1S/C12H11BrN2O2/c13-9-4-3-5-10(8-9)14-11-6-1-2-7-12(11)15(16)17/h1-6,8,12,14H,7H2. The molecule has 1 aromatic carbocycles. The zero-order valence-corrected chi connectivity index (χ0v) is 10.6. The molecule has 0 spiro atoms. The maximum absolute atomic E-state index is 10.9. The zero-order valence-electron chi connectivity index (χ0n) is 8.97. The Morgan fingerprint density at radius 3 is 3.00 bits per heavy atom. The highest BCUT2D eigenvalue weighted by molar-refractivity contribution is 9.10. The molecule has 17 heavy (non-hydrogen) atoms. The minimum absolute atomic E-state index is 0.264. The molecule has 1 atom stereocenters. The lowest BCUT2D eigenvalue weighted by atomic mass is 10.1. The minimum atomic E-state index is -0.681. The van der Waals surface area contributed by atoms with Crippen molar-refractivity contribution in [3.05, 3.63) is 62.8 Å². The van der Waals surface area contributed by atoms with Gasteiger partial charge in [-0.15, -0.1) is 0 Å². The van der Waals surface area contributed by atoms with E-state index < -0.39 is 6.04 Å². The summed E-state index contributed by atoms with van der Waals surface area (Å²) in [6.45, 7) is 0. The Labute approximate surface area is 107 Å². The fraction of sp³-hybridized carbons (Fsp3) is 0.167. The molecule has 4 nitrogen and oxygen atoms in total. The zero-order chi connectivity index (χ0) is 12.3. The fourth-order valence-electron chi connectivity index (χ4n) is 1.67. The van der Waals surface area contributed by atoms with Crippen LogP contribution in [0, 0.1) is 10.1 Å². The third kappa shape index (κ3) is 2.94. The van der Waals surface area contributed by atoms with Crippen LogP contribution < -0.4 is 5.32 Å². The molecule has 0 saturated carbocycles. The van der Waals surface area contributed by atoms with E-state index in [1.807, 2.05) is 30.3 Å². The number of hydrogen-bond donors (Lipinski definition) is 1. The fourth-order valence-corrected chi connectivity index (χ4v) is 2.07. The summed E-state index contributed by atoms with van der Waals surface area (Å²) in [7, 11) is 0. The van der Waals surface area contributed by atoms with Gasteiger partial charge < -0.3 is 5.32 Å². The summed E-state index contributed by atoms with van der Waals surface area (Å²) in [6, 6.07) is 6.87. The Bertz CT molecular complexity index is 497. The highest BCUT2D eigenvalue weighted by Gasteiger charge is 2.25. The molecular weight excluding hydrogens is 284 g/mol. The molecule has 0 fully saturated rings. The summed E-state index contributed by atoms with van der Waals surface area (Å²) in [5.41, 5.74) is 1.46. The van der Waals surface area contributed by atoms with Crippen LogP contribution in [-0.2, 0) is 0 Å². The van der Waals surface area contributed by atoms with Crippen molar-refractivity contribution >= 4 is 21.6 Å². The first-order valence-corrected chi connectivity index (χ1v) is 5.99. The van der Waals surface area contributed by atoms with Crippen LogP contribution in [0.4, 0.5) is 5.69 Å². The number of benzene rings is 1. The van der Waals surface area contributed by atoms with Crippen molar-refractivity contribution in [2.24, 2.45) is 0 Å². The topological polar surface area (TPSA) is 55.2 Å². The summed E-state index contributed by atoms with van der Waals surface area (Å²) in [6.07, 6.45) is 5.82. The van der Waals surface area contributed by atoms with E-state index in [0.29, 0.717) is 12.1 Å². The van der Waals surface area contributed by atoms with E-state index in [9.17, 15) is 10.1 Å². The van der Waals surface area contributed by atoms with E-state index >= 15 is 0 Å². The molecule has 0 aromatic heterocycles. The number of nitro groups is 1. The Hall–Kier alpha value is -1.62. The average Bonchev–Trinajstić information content (AvgIpc) is 2.29. The van der Waals surface area contributed by atoms with Gasteiger partial charge in [-0.25, -0.2) is 0 Å². The SMILES string of the molecule is O=[N+]([O-])C1CC=CC=C1Nc1cccc(Br)c1. The van der Waals surface area contributed by atoms with E-state index in [0.717, 1.165) is 10.2 Å². The lowest BCUT2D eigenvalue weighted by molar-refractivity contribution is -0.511. The lowest BCUT2D eigenvalue weighted by Gasteiger charge is -2.16. The van der Waals surface area contributed by atoms with Gasteiger partial charge in [-0.05, 0) is 24.3 Å². The Morgan fingerprint density at radius 2 is 2.29 bits per heavy atom. The summed E-state index contributed by atoms with van der Waals surface area (Å²) >= 11 is 3.36. The van der Waals surface area contributed by atoms with Crippen LogP contribution in [0.25, 0.3) is 0 Å². The maximum atomic E-state index is 10.9. The molecule has 88 valence electrons. The van der Waals surface area contributed by atoms with Crippen LogP contribution in [0.15, 0.2) is 52.7 Å². The number of rotatable bonds is 3. The number of halogens is 1. The normalized spacial score (nSPS) is 18.6. The first kappa shape index (κ1) is 11.9. The van der Waals surface area contributed by atoms with E-state index in [2.05, 4.69) is 21.2 Å². The number of nitrogens with one attached hydrogen (secondary N) is 1. The predicted octanol–water partition coefficient (Wildman–Crippen LogP) is 3.35. The minimum Gasteiger partial charge on any atom is -0.353 e. The molecule has 0 saturated heterocycles. The van der Waals surface area contributed by atoms with Crippen molar-refractivity contribution in [1.29, 1.82) is 0 Å². The van der Waals surface area contributed by atoms with Gasteiger partial charge in [-0.1, -0.05) is 34.1 Å². The largest absolute Gasteiger partial charge is 0.353 e. The van der Waals surface area contributed by atoms with Crippen LogP contribution in [0.1, 0.15) is 6.42 Å². The second kappa shape index (κ2) is 5.14. The molecule has 1 aromatic rings. The molecular formula is C12H11BrN2O2. The quantitative estimate of drug-likeness (QED) is 0.687. The van der Waals surface area contributed by atoms with Crippen molar-refractivity contribution in [1.82, 2.24) is 0 Å². The third-order valence-electron chi connectivity index (χ3n) is 2.50.